The van der Waals surface area contributed by atoms with Crippen molar-refractivity contribution in [1.29, 1.82) is 0 Å². The normalized spacial score (nSPS) is 10.5. The molecule has 0 aliphatic heterocycles. The molecular formula is C18H41ClN2O. The average Bonchev–Trinajstić information content (AvgIpc) is 2.48. The number of hydrogen-bond donors (Lipinski definition) is 2. The Balaban J connectivity index is -0.000000261. The van der Waals surface area contributed by atoms with Gasteiger partial charge in [0.25, 0.3) is 0 Å². The predicted octanol–water partition coefficient (Wildman–Crippen LogP) is 4.96. The highest BCUT2D eigenvalue weighted by Crippen LogP contribution is 1.97. The second-order valence-electron chi connectivity index (χ2n) is 6.35. The number of carbonyl (C=O) groups is 1. The molecule has 0 fully saturated rings. The Morgan fingerprint density at radius 2 is 1.32 bits per heavy atom. The number of halogens is 1. The van der Waals surface area contributed by atoms with Gasteiger partial charge in [-0.05, 0) is 49.7 Å². The van der Waals surface area contributed by atoms with Gasteiger partial charge >= 0.3 is 0 Å². The van der Waals surface area contributed by atoms with Gasteiger partial charge in [0.2, 0.25) is 5.24 Å². The highest BCUT2D eigenvalue weighted by atomic mass is 35.5. The lowest BCUT2D eigenvalue weighted by Crippen LogP contribution is -2.30. The zero-order valence-corrected chi connectivity index (χ0v) is 17.0. The molecule has 0 radical (unpaired) electrons. The average molecular weight is 337 g/mol. The molecule has 0 aromatic heterocycles. The maximum atomic E-state index is 9.91. The molecule has 0 rings (SSSR count). The standard InChI is InChI=1S/C9H21N.C5H13N.C4H7ClO/c1-5-9(6-2)10-7-8(3)4;1-3-5(6)4-2;1-3(2)4(5)6/h8-10H,5-7H2,1-4H3;5H,3-4,6H2,1-2H3;3H,1-2H3. The van der Waals surface area contributed by atoms with Crippen molar-refractivity contribution in [3.63, 3.8) is 0 Å². The SMILES string of the molecule is CC(C)C(=O)Cl.CCC(CC)NCC(C)C.CCC(N)CC. The van der Waals surface area contributed by atoms with Crippen LogP contribution in [0.4, 0.5) is 0 Å². The van der Waals surface area contributed by atoms with Crippen LogP contribution in [0.15, 0.2) is 0 Å². The highest BCUT2D eigenvalue weighted by molar-refractivity contribution is 6.63. The molecular weight excluding hydrogens is 296 g/mol. The Morgan fingerprint density at radius 1 is 0.955 bits per heavy atom. The number of hydrogen-bond acceptors (Lipinski definition) is 3. The van der Waals surface area contributed by atoms with Crippen molar-refractivity contribution < 1.29 is 4.79 Å². The summed E-state index contributed by atoms with van der Waals surface area (Å²) >= 11 is 4.97. The fourth-order valence-electron chi connectivity index (χ4n) is 1.27. The summed E-state index contributed by atoms with van der Waals surface area (Å²) in [5, 5.41) is 3.25. The molecule has 0 atom stereocenters. The van der Waals surface area contributed by atoms with E-state index < -0.39 is 0 Å². The van der Waals surface area contributed by atoms with Gasteiger partial charge in [-0.3, -0.25) is 4.79 Å². The number of rotatable bonds is 8. The van der Waals surface area contributed by atoms with E-state index in [0.29, 0.717) is 6.04 Å². The van der Waals surface area contributed by atoms with E-state index in [1.54, 1.807) is 13.8 Å². The maximum absolute atomic E-state index is 9.91. The fraction of sp³-hybridized carbons (Fsp3) is 0.944. The molecule has 136 valence electrons. The zero-order valence-electron chi connectivity index (χ0n) is 16.2. The van der Waals surface area contributed by atoms with E-state index in [1.165, 1.54) is 12.8 Å². The van der Waals surface area contributed by atoms with Crippen molar-refractivity contribution in [3.8, 4) is 0 Å². The quantitative estimate of drug-likeness (QED) is 0.616. The maximum Gasteiger partial charge on any atom is 0.224 e. The van der Waals surface area contributed by atoms with Crippen LogP contribution in [-0.2, 0) is 4.79 Å². The van der Waals surface area contributed by atoms with Gasteiger partial charge in [-0.25, -0.2) is 0 Å². The molecule has 0 saturated heterocycles. The van der Waals surface area contributed by atoms with E-state index in [1.807, 2.05) is 0 Å². The van der Waals surface area contributed by atoms with Crippen LogP contribution in [0, 0.1) is 11.8 Å². The number of nitrogens with one attached hydrogen (secondary N) is 1. The topological polar surface area (TPSA) is 55.1 Å². The van der Waals surface area contributed by atoms with E-state index in [0.717, 1.165) is 31.3 Å². The third kappa shape index (κ3) is 24.9. The van der Waals surface area contributed by atoms with E-state index in [2.05, 4.69) is 46.9 Å². The van der Waals surface area contributed by atoms with E-state index >= 15 is 0 Å². The van der Waals surface area contributed by atoms with Gasteiger partial charge in [-0.2, -0.15) is 0 Å². The van der Waals surface area contributed by atoms with Gasteiger partial charge in [0.1, 0.15) is 0 Å². The first kappa shape index (κ1) is 26.8. The first-order chi connectivity index (χ1) is 10.2. The lowest BCUT2D eigenvalue weighted by Gasteiger charge is -2.15. The molecule has 0 spiro atoms. The van der Waals surface area contributed by atoms with Crippen LogP contribution in [-0.4, -0.2) is 23.9 Å². The van der Waals surface area contributed by atoms with Crippen LogP contribution in [0.1, 0.15) is 81.1 Å². The molecule has 22 heavy (non-hydrogen) atoms. The number of nitrogens with two attached hydrogens (primary N) is 1. The molecule has 0 unspecified atom stereocenters. The second kappa shape index (κ2) is 18.9. The third-order valence-electron chi connectivity index (χ3n) is 3.30. The van der Waals surface area contributed by atoms with Crippen molar-refractivity contribution in [2.75, 3.05) is 6.54 Å². The minimum Gasteiger partial charge on any atom is -0.328 e. The van der Waals surface area contributed by atoms with Crippen molar-refractivity contribution in [2.24, 2.45) is 17.6 Å². The third-order valence-corrected chi connectivity index (χ3v) is 3.74. The van der Waals surface area contributed by atoms with Crippen LogP contribution < -0.4 is 11.1 Å². The van der Waals surface area contributed by atoms with Crippen LogP contribution in [0.5, 0.6) is 0 Å². The molecule has 0 heterocycles. The first-order valence-electron chi connectivity index (χ1n) is 8.84. The summed E-state index contributed by atoms with van der Waals surface area (Å²) < 4.78 is 0. The molecule has 0 aromatic carbocycles. The Hall–Kier alpha value is -0.120. The molecule has 4 heteroatoms. The van der Waals surface area contributed by atoms with Crippen molar-refractivity contribution in [3.05, 3.63) is 0 Å². The summed E-state index contributed by atoms with van der Waals surface area (Å²) in [6.45, 7) is 17.9. The van der Waals surface area contributed by atoms with Crippen LogP contribution in [0.3, 0.4) is 0 Å². The van der Waals surface area contributed by atoms with Crippen LogP contribution in [0.2, 0.25) is 0 Å². The molecule has 0 amide bonds. The van der Waals surface area contributed by atoms with Crippen molar-refractivity contribution in [2.45, 2.75) is 93.2 Å². The Morgan fingerprint density at radius 3 is 1.45 bits per heavy atom. The molecule has 3 nitrogen and oxygen atoms in total. The summed E-state index contributed by atoms with van der Waals surface area (Å²) in [6.07, 6.45) is 4.72. The summed E-state index contributed by atoms with van der Waals surface area (Å²) in [5.74, 6) is 0.757. The molecule has 3 N–H and O–H groups in total. The summed E-state index contributed by atoms with van der Waals surface area (Å²) in [5.41, 5.74) is 5.47. The monoisotopic (exact) mass is 336 g/mol. The van der Waals surface area contributed by atoms with Crippen molar-refractivity contribution >= 4 is 16.8 Å². The smallest absolute Gasteiger partial charge is 0.224 e. The van der Waals surface area contributed by atoms with Gasteiger partial charge < -0.3 is 11.1 Å². The Kier molecular flexibility index (Phi) is 23.0. The van der Waals surface area contributed by atoms with Crippen LogP contribution in [0.25, 0.3) is 0 Å². The van der Waals surface area contributed by atoms with Gasteiger partial charge in [-0.15, -0.1) is 0 Å². The largest absolute Gasteiger partial charge is 0.328 e. The Labute approximate surface area is 144 Å². The lowest BCUT2D eigenvalue weighted by atomic mass is 10.1. The molecule has 0 bridgehead atoms. The van der Waals surface area contributed by atoms with Crippen LogP contribution >= 0.6 is 11.6 Å². The first-order valence-corrected chi connectivity index (χ1v) is 9.21. The summed E-state index contributed by atoms with van der Waals surface area (Å²) in [4.78, 5) is 9.91. The predicted molar refractivity (Wildman–Crippen MR) is 101 cm³/mol. The second-order valence-corrected chi connectivity index (χ2v) is 6.72. The minimum atomic E-state index is -0.269. The minimum absolute atomic E-state index is 0.0216. The summed E-state index contributed by atoms with van der Waals surface area (Å²) in [6, 6.07) is 1.17. The van der Waals surface area contributed by atoms with Crippen molar-refractivity contribution in [1.82, 2.24) is 5.32 Å². The molecule has 0 aliphatic carbocycles. The van der Waals surface area contributed by atoms with E-state index in [-0.39, 0.29) is 11.2 Å². The zero-order chi connectivity index (χ0) is 18.1. The molecule has 0 aromatic rings. The van der Waals surface area contributed by atoms with Gasteiger partial charge in [0, 0.05) is 18.0 Å². The summed E-state index contributed by atoms with van der Waals surface area (Å²) in [7, 11) is 0. The van der Waals surface area contributed by atoms with Gasteiger partial charge in [0.05, 0.1) is 0 Å². The molecule has 0 saturated carbocycles. The molecule has 0 aliphatic rings. The Bertz CT molecular complexity index is 225. The van der Waals surface area contributed by atoms with Gasteiger partial charge in [-0.1, -0.05) is 55.4 Å². The fourth-order valence-corrected chi connectivity index (χ4v) is 1.27. The van der Waals surface area contributed by atoms with E-state index in [4.69, 9.17) is 17.3 Å². The number of carbonyl (C=O) groups excluding carboxylic acids is 1. The highest BCUT2D eigenvalue weighted by Gasteiger charge is 2.01. The lowest BCUT2D eigenvalue weighted by molar-refractivity contribution is -0.114. The van der Waals surface area contributed by atoms with E-state index in [9.17, 15) is 4.79 Å². The van der Waals surface area contributed by atoms with Gasteiger partial charge in [0.15, 0.2) is 0 Å².